The van der Waals surface area contributed by atoms with Crippen molar-refractivity contribution >= 4 is 17.9 Å². The summed E-state index contributed by atoms with van der Waals surface area (Å²) in [6.45, 7) is 1.85. The maximum atomic E-state index is 11.3. The molecule has 6 heteroatoms. The Morgan fingerprint density at radius 2 is 2.14 bits per heavy atom. The van der Waals surface area contributed by atoms with Crippen LogP contribution in [0.5, 0.6) is 0 Å². The van der Waals surface area contributed by atoms with Gasteiger partial charge in [0.1, 0.15) is 6.04 Å². The molecule has 6 nitrogen and oxygen atoms in total. The normalized spacial score (nSPS) is 26.6. The molecule has 0 bridgehead atoms. The summed E-state index contributed by atoms with van der Waals surface area (Å²) in [4.78, 5) is 32.8. The van der Waals surface area contributed by atoms with Crippen LogP contribution in [0.2, 0.25) is 0 Å². The van der Waals surface area contributed by atoms with E-state index in [-0.39, 0.29) is 0 Å². The highest BCUT2D eigenvalue weighted by Gasteiger charge is 2.38. The van der Waals surface area contributed by atoms with Gasteiger partial charge in [-0.1, -0.05) is 13.3 Å². The standard InChI is InChI=1S/C8H12N2O4/c1-2-3-4-5(7(12)13)9-8(14)10-6(4)11/h4-5H,2-3H2,1H3,(H,12,13)(H2,9,10,11,14)/t4-,5-/m0/s1. The summed E-state index contributed by atoms with van der Waals surface area (Å²) < 4.78 is 0. The van der Waals surface area contributed by atoms with Crippen molar-refractivity contribution in [2.24, 2.45) is 5.92 Å². The van der Waals surface area contributed by atoms with E-state index in [1.807, 2.05) is 12.2 Å². The van der Waals surface area contributed by atoms with Crippen LogP contribution < -0.4 is 10.6 Å². The first kappa shape index (κ1) is 10.5. The van der Waals surface area contributed by atoms with Gasteiger partial charge in [-0.05, 0) is 6.42 Å². The second kappa shape index (κ2) is 4.08. The second-order valence-electron chi connectivity index (χ2n) is 3.17. The van der Waals surface area contributed by atoms with Gasteiger partial charge in [0.15, 0.2) is 0 Å². The molecule has 1 aliphatic rings. The largest absolute Gasteiger partial charge is 0.480 e. The molecule has 0 unspecified atom stereocenters. The number of imide groups is 1. The number of hydrogen-bond acceptors (Lipinski definition) is 3. The van der Waals surface area contributed by atoms with Crippen LogP contribution in [0, 0.1) is 5.92 Å². The molecule has 0 aromatic carbocycles. The van der Waals surface area contributed by atoms with Crippen LogP contribution in [0.15, 0.2) is 0 Å². The number of carboxylic acids is 1. The molecule has 0 radical (unpaired) electrons. The molecule has 78 valence electrons. The number of carboxylic acid groups (broad SMARTS) is 1. The number of amides is 3. The van der Waals surface area contributed by atoms with Crippen LogP contribution in [-0.2, 0) is 9.59 Å². The van der Waals surface area contributed by atoms with Gasteiger partial charge in [-0.3, -0.25) is 10.1 Å². The van der Waals surface area contributed by atoms with Gasteiger partial charge in [0.25, 0.3) is 0 Å². The average molecular weight is 200 g/mol. The fraction of sp³-hybridized carbons (Fsp3) is 0.625. The van der Waals surface area contributed by atoms with Crippen molar-refractivity contribution in [2.75, 3.05) is 0 Å². The third kappa shape index (κ3) is 2.01. The average Bonchev–Trinajstić information content (AvgIpc) is 2.09. The van der Waals surface area contributed by atoms with E-state index in [4.69, 9.17) is 5.11 Å². The monoisotopic (exact) mass is 200 g/mol. The Hall–Kier alpha value is -1.59. The van der Waals surface area contributed by atoms with E-state index in [0.717, 1.165) is 0 Å². The summed E-state index contributed by atoms with van der Waals surface area (Å²) in [6, 6.07) is -1.84. The van der Waals surface area contributed by atoms with E-state index in [1.165, 1.54) is 0 Å². The zero-order chi connectivity index (χ0) is 10.7. The van der Waals surface area contributed by atoms with E-state index in [1.54, 1.807) is 0 Å². The van der Waals surface area contributed by atoms with E-state index in [2.05, 4.69) is 5.32 Å². The zero-order valence-corrected chi connectivity index (χ0v) is 7.74. The Labute approximate surface area is 80.7 Å². The van der Waals surface area contributed by atoms with Crippen LogP contribution in [0.1, 0.15) is 19.8 Å². The number of urea groups is 1. The summed E-state index contributed by atoms with van der Waals surface area (Å²) >= 11 is 0. The van der Waals surface area contributed by atoms with Gasteiger partial charge >= 0.3 is 12.0 Å². The summed E-state index contributed by atoms with van der Waals surface area (Å²) in [5.74, 6) is -2.36. The minimum atomic E-state index is -1.17. The Bertz CT molecular complexity index is 277. The van der Waals surface area contributed by atoms with Crippen molar-refractivity contribution in [2.45, 2.75) is 25.8 Å². The molecular formula is C8H12N2O4. The minimum Gasteiger partial charge on any atom is -0.480 e. The van der Waals surface area contributed by atoms with E-state index >= 15 is 0 Å². The molecule has 3 N–H and O–H groups in total. The molecule has 1 aliphatic heterocycles. The highest BCUT2D eigenvalue weighted by atomic mass is 16.4. The van der Waals surface area contributed by atoms with Crippen molar-refractivity contribution < 1.29 is 19.5 Å². The first-order chi connectivity index (χ1) is 6.56. The van der Waals surface area contributed by atoms with Crippen molar-refractivity contribution in [3.05, 3.63) is 0 Å². The Balaban J connectivity index is 2.80. The van der Waals surface area contributed by atoms with Crippen LogP contribution in [-0.4, -0.2) is 29.1 Å². The van der Waals surface area contributed by atoms with Crippen LogP contribution in [0.3, 0.4) is 0 Å². The lowest BCUT2D eigenvalue weighted by atomic mass is 9.92. The van der Waals surface area contributed by atoms with Crippen LogP contribution >= 0.6 is 0 Å². The number of rotatable bonds is 3. The minimum absolute atomic E-state index is 0.448. The second-order valence-corrected chi connectivity index (χ2v) is 3.17. The molecule has 1 heterocycles. The predicted molar refractivity (Wildman–Crippen MR) is 46.5 cm³/mol. The molecule has 0 saturated carbocycles. The molecule has 3 amide bonds. The van der Waals surface area contributed by atoms with Crippen LogP contribution in [0.25, 0.3) is 0 Å². The Morgan fingerprint density at radius 1 is 1.50 bits per heavy atom. The van der Waals surface area contributed by atoms with Crippen molar-refractivity contribution in [3.63, 3.8) is 0 Å². The zero-order valence-electron chi connectivity index (χ0n) is 7.74. The molecule has 0 aromatic rings. The Morgan fingerprint density at radius 3 is 2.64 bits per heavy atom. The third-order valence-electron chi connectivity index (χ3n) is 2.13. The highest BCUT2D eigenvalue weighted by Crippen LogP contribution is 2.15. The number of nitrogens with one attached hydrogen (secondary N) is 2. The molecular weight excluding hydrogens is 188 g/mol. The first-order valence-corrected chi connectivity index (χ1v) is 4.40. The van der Waals surface area contributed by atoms with Gasteiger partial charge in [0, 0.05) is 0 Å². The van der Waals surface area contributed by atoms with E-state index in [0.29, 0.717) is 12.8 Å². The number of carbonyl (C=O) groups is 3. The topological polar surface area (TPSA) is 95.5 Å². The number of carbonyl (C=O) groups excluding carboxylic acids is 2. The molecule has 1 fully saturated rings. The molecule has 2 atom stereocenters. The van der Waals surface area contributed by atoms with Gasteiger partial charge in [0.2, 0.25) is 5.91 Å². The summed E-state index contributed by atoms with van der Waals surface area (Å²) in [6.07, 6.45) is 1.14. The molecule has 1 rings (SSSR count). The summed E-state index contributed by atoms with van der Waals surface area (Å²) in [7, 11) is 0. The fourth-order valence-corrected chi connectivity index (χ4v) is 1.48. The van der Waals surface area contributed by atoms with Crippen molar-refractivity contribution in [1.29, 1.82) is 0 Å². The van der Waals surface area contributed by atoms with Gasteiger partial charge < -0.3 is 10.4 Å². The SMILES string of the molecule is CCC[C@@H]1C(=O)NC(=O)N[C@@H]1C(=O)O. The van der Waals surface area contributed by atoms with E-state index in [9.17, 15) is 14.4 Å². The quantitative estimate of drug-likeness (QED) is 0.582. The maximum absolute atomic E-state index is 11.3. The van der Waals surface area contributed by atoms with Gasteiger partial charge in [-0.2, -0.15) is 0 Å². The molecule has 0 aliphatic carbocycles. The van der Waals surface area contributed by atoms with Gasteiger partial charge in [0.05, 0.1) is 5.92 Å². The Kier molecular flexibility index (Phi) is 3.06. The lowest BCUT2D eigenvalue weighted by molar-refractivity contribution is -0.144. The fourth-order valence-electron chi connectivity index (χ4n) is 1.48. The van der Waals surface area contributed by atoms with Gasteiger partial charge in [-0.15, -0.1) is 0 Å². The molecule has 0 aromatic heterocycles. The first-order valence-electron chi connectivity index (χ1n) is 4.40. The lowest BCUT2D eigenvalue weighted by Crippen LogP contribution is -2.60. The molecule has 0 spiro atoms. The number of aliphatic carboxylic acids is 1. The highest BCUT2D eigenvalue weighted by molar-refractivity contribution is 6.02. The van der Waals surface area contributed by atoms with Crippen LogP contribution in [0.4, 0.5) is 4.79 Å². The molecule has 1 saturated heterocycles. The summed E-state index contributed by atoms with van der Waals surface area (Å²) in [5.41, 5.74) is 0. The van der Waals surface area contributed by atoms with Crippen molar-refractivity contribution in [1.82, 2.24) is 10.6 Å². The number of hydrogen-bond donors (Lipinski definition) is 3. The lowest BCUT2D eigenvalue weighted by Gasteiger charge is -2.28. The predicted octanol–water partition coefficient (Wildman–Crippen LogP) is -0.305. The van der Waals surface area contributed by atoms with Gasteiger partial charge in [-0.25, -0.2) is 9.59 Å². The maximum Gasteiger partial charge on any atom is 0.327 e. The van der Waals surface area contributed by atoms with Crippen molar-refractivity contribution in [3.8, 4) is 0 Å². The molecule has 14 heavy (non-hydrogen) atoms. The summed E-state index contributed by atoms with van der Waals surface area (Å²) in [5, 5.41) is 13.0. The smallest absolute Gasteiger partial charge is 0.327 e. The van der Waals surface area contributed by atoms with E-state index < -0.39 is 29.9 Å². The third-order valence-corrected chi connectivity index (χ3v) is 2.13.